The van der Waals surface area contributed by atoms with Gasteiger partial charge in [0.05, 0.1) is 19.6 Å². The number of nitrogens with zero attached hydrogens (tertiary/aromatic N) is 9. The van der Waals surface area contributed by atoms with Gasteiger partial charge in [0.1, 0.15) is 68.5 Å². The van der Waals surface area contributed by atoms with Crippen LogP contribution in [0.5, 0.6) is 34.5 Å². The summed E-state index contributed by atoms with van der Waals surface area (Å²) < 4.78 is 22.6. The number of aliphatic hydroxyl groups excluding tert-OH is 1. The number of H-pyrrole nitrogens is 3. The van der Waals surface area contributed by atoms with Crippen molar-refractivity contribution in [3.8, 4) is 34.5 Å². The van der Waals surface area contributed by atoms with Crippen molar-refractivity contribution in [2.45, 2.75) is 112 Å². The number of aliphatic hydroxyl groups is 1. The monoisotopic (exact) mass is 1300 g/mol. The van der Waals surface area contributed by atoms with Crippen LogP contribution in [0, 0.1) is 20.8 Å². The van der Waals surface area contributed by atoms with Gasteiger partial charge in [-0.3, -0.25) is 13.7 Å². The largest absolute Gasteiger partial charge is 0.457 e. The SMILES string of the molecule is CCCCCc1ccc(Oc2ccc(Cn3c(=O)[nH]c4c(N)nc(C)nc43)cc2)cc1.Cc1nc(N)c2[nH]c(=O)n(Cc3ccc(Oc4ccc(CCCCO)cc4)cc3)c2n1.Cc1nc(N)c2[nH]c(=O)n(Cc3ccc(Oc4ccc(CCCc5ccccc5)cc4)cc3)c2n1. The summed E-state index contributed by atoms with van der Waals surface area (Å²) in [7, 11) is 0. The van der Waals surface area contributed by atoms with Gasteiger partial charge >= 0.3 is 17.1 Å². The third-order valence-corrected chi connectivity index (χ3v) is 16.3. The van der Waals surface area contributed by atoms with Crippen LogP contribution in [-0.4, -0.2) is 70.3 Å². The van der Waals surface area contributed by atoms with E-state index in [1.165, 1.54) is 41.5 Å². The number of fused-ring (bicyclic) bond motifs is 3. The predicted octanol–water partition coefficient (Wildman–Crippen LogP) is 12.8. The summed E-state index contributed by atoms with van der Waals surface area (Å²) in [4.78, 5) is 70.8. The number of aromatic amines is 3. The number of hydrogen-bond acceptors (Lipinski definition) is 16. The molecule has 0 saturated heterocycles. The lowest BCUT2D eigenvalue weighted by Gasteiger charge is -2.09. The van der Waals surface area contributed by atoms with Crippen LogP contribution in [0.1, 0.15) is 102 Å². The summed E-state index contributed by atoms with van der Waals surface area (Å²) in [6.07, 6.45) is 10.8. The standard InChI is InChI=1S/C28H27N5O2.C24H27N5O2.C23H25N5O3/c1-19-30-26(29)25-27(31-19)33(28(34)32-25)18-22-12-16-24(17-13-22)35-23-14-10-21(11-15-23)9-5-8-20-6-3-2-4-7-20;1-3-4-5-6-17-7-11-19(12-8-17)31-20-13-9-18(10-14-20)15-29-23-21(28-24(29)30)22(25)26-16(2)27-23;1-15-25-21(24)20-22(26-15)28(23(30)27-20)14-17-7-11-19(12-8-17)31-18-9-5-16(6-10-18)4-2-3-13-29/h2-4,6-7,10-17H,5,8-9,18H2,1H3,(H,32,34)(H2,29,30,31);7-14H,3-6,15H2,1-2H3,(H,28,30)(H2,25,26,27);5-12,29H,2-4,13-14H2,1H3,(H,27,30)(H2,24,25,26). The number of aromatic nitrogens is 12. The molecule has 0 amide bonds. The van der Waals surface area contributed by atoms with Crippen LogP contribution in [-0.2, 0) is 45.3 Å². The molecule has 0 spiro atoms. The Morgan fingerprint density at radius 2 is 0.619 bits per heavy atom. The van der Waals surface area contributed by atoms with Crippen molar-refractivity contribution < 1.29 is 19.3 Å². The first-order valence-corrected chi connectivity index (χ1v) is 32.5. The molecule has 22 nitrogen and oxygen atoms in total. The molecule has 7 aromatic carbocycles. The van der Waals surface area contributed by atoms with Gasteiger partial charge in [0.15, 0.2) is 34.4 Å². The molecule has 6 heterocycles. The van der Waals surface area contributed by atoms with Gasteiger partial charge < -0.3 is 51.5 Å². The number of nitrogen functional groups attached to an aromatic ring is 3. The second-order valence-corrected chi connectivity index (χ2v) is 23.8. The van der Waals surface area contributed by atoms with E-state index in [1.807, 2.05) is 127 Å². The summed E-state index contributed by atoms with van der Waals surface area (Å²) in [6, 6.07) is 58.0. The molecule has 496 valence electrons. The average molecular weight is 1300 g/mol. The first-order valence-electron chi connectivity index (χ1n) is 32.5. The highest BCUT2D eigenvalue weighted by Crippen LogP contribution is 2.28. The number of aryl methyl sites for hydroxylation is 7. The van der Waals surface area contributed by atoms with Crippen molar-refractivity contribution in [1.82, 2.24) is 58.6 Å². The second-order valence-electron chi connectivity index (χ2n) is 23.8. The summed E-state index contributed by atoms with van der Waals surface area (Å²) in [6.45, 7) is 8.79. The van der Waals surface area contributed by atoms with Crippen LogP contribution in [0.15, 0.2) is 190 Å². The zero-order chi connectivity index (χ0) is 67.8. The van der Waals surface area contributed by atoms with Crippen molar-refractivity contribution in [1.29, 1.82) is 0 Å². The van der Waals surface area contributed by atoms with Gasteiger partial charge in [-0.2, -0.15) is 0 Å². The molecule has 22 heteroatoms. The van der Waals surface area contributed by atoms with E-state index in [1.54, 1.807) is 34.5 Å². The predicted molar refractivity (Wildman–Crippen MR) is 380 cm³/mol. The fraction of sp³-hybridized carbons (Fsp3) is 0.240. The lowest BCUT2D eigenvalue weighted by Crippen LogP contribution is -2.17. The number of benzene rings is 7. The van der Waals surface area contributed by atoms with E-state index in [0.717, 1.165) is 90.4 Å². The Morgan fingerprint density at radius 3 is 0.907 bits per heavy atom. The Labute approximate surface area is 559 Å². The van der Waals surface area contributed by atoms with Crippen molar-refractivity contribution in [2.75, 3.05) is 23.8 Å². The third kappa shape index (κ3) is 17.6. The number of nitrogens with one attached hydrogen (secondary N) is 3. The molecule has 13 aromatic rings. The minimum absolute atomic E-state index is 0.230. The molecule has 0 fully saturated rings. The van der Waals surface area contributed by atoms with E-state index in [4.69, 9.17) is 36.5 Å². The molecule has 6 aromatic heterocycles. The number of unbranched alkanes of at least 4 members (excludes halogenated alkanes) is 3. The lowest BCUT2D eigenvalue weighted by atomic mass is 10.0. The quantitative estimate of drug-likeness (QED) is 0.0277. The lowest BCUT2D eigenvalue weighted by molar-refractivity contribution is 0.284. The van der Waals surface area contributed by atoms with Crippen molar-refractivity contribution in [3.05, 3.63) is 264 Å². The smallest absolute Gasteiger partial charge is 0.328 e. The Hall–Kier alpha value is -11.7. The van der Waals surface area contributed by atoms with Crippen LogP contribution in [0.3, 0.4) is 0 Å². The highest BCUT2D eigenvalue weighted by Gasteiger charge is 2.17. The van der Waals surface area contributed by atoms with Gasteiger partial charge in [0.25, 0.3) is 0 Å². The molecule has 0 saturated carbocycles. The van der Waals surface area contributed by atoms with E-state index >= 15 is 0 Å². The number of imidazole rings is 3. The molecule has 0 bridgehead atoms. The molecule has 0 aliphatic rings. The fourth-order valence-corrected chi connectivity index (χ4v) is 11.2. The van der Waals surface area contributed by atoms with Crippen molar-refractivity contribution in [3.63, 3.8) is 0 Å². The van der Waals surface area contributed by atoms with Gasteiger partial charge in [-0.1, -0.05) is 123 Å². The Kier molecular flexibility index (Phi) is 21.7. The molecule has 97 heavy (non-hydrogen) atoms. The van der Waals surface area contributed by atoms with E-state index in [-0.39, 0.29) is 41.1 Å². The molecule has 0 aliphatic carbocycles. The van der Waals surface area contributed by atoms with Gasteiger partial charge in [-0.15, -0.1) is 0 Å². The average Bonchev–Trinajstić information content (AvgIpc) is 1.67. The zero-order valence-electron chi connectivity index (χ0n) is 54.8. The van der Waals surface area contributed by atoms with Crippen LogP contribution in [0.25, 0.3) is 33.5 Å². The van der Waals surface area contributed by atoms with Crippen LogP contribution < -0.4 is 48.5 Å². The summed E-state index contributed by atoms with van der Waals surface area (Å²) in [5.74, 6) is 6.93. The molecule has 0 unspecified atom stereocenters. The normalized spacial score (nSPS) is 11.1. The van der Waals surface area contributed by atoms with Crippen LogP contribution in [0.2, 0.25) is 0 Å². The maximum Gasteiger partial charge on any atom is 0.328 e. The molecule has 13 rings (SSSR count). The number of rotatable bonds is 24. The van der Waals surface area contributed by atoms with E-state index in [9.17, 15) is 14.4 Å². The van der Waals surface area contributed by atoms with Gasteiger partial charge in [-0.05, 0) is 184 Å². The maximum absolute atomic E-state index is 12.4. The van der Waals surface area contributed by atoms with E-state index < -0.39 is 0 Å². The fourth-order valence-electron chi connectivity index (χ4n) is 11.2. The second kappa shape index (κ2) is 31.5. The molecule has 0 atom stereocenters. The summed E-state index contributed by atoms with van der Waals surface area (Å²) in [5, 5.41) is 8.88. The topological polar surface area (TPSA) is 317 Å². The highest BCUT2D eigenvalue weighted by molar-refractivity contribution is 5.83. The minimum Gasteiger partial charge on any atom is -0.457 e. The molecule has 0 radical (unpaired) electrons. The number of ether oxygens (including phenoxy) is 3. The highest BCUT2D eigenvalue weighted by atomic mass is 16.5. The number of nitrogens with two attached hydrogens (primary N) is 3. The van der Waals surface area contributed by atoms with Gasteiger partial charge in [0.2, 0.25) is 0 Å². The summed E-state index contributed by atoms with van der Waals surface area (Å²) >= 11 is 0. The van der Waals surface area contributed by atoms with Crippen molar-refractivity contribution in [2.24, 2.45) is 0 Å². The Bertz CT molecular complexity index is 4730. The zero-order valence-corrected chi connectivity index (χ0v) is 54.8. The van der Waals surface area contributed by atoms with Crippen molar-refractivity contribution >= 4 is 50.9 Å². The first kappa shape index (κ1) is 66.8. The van der Waals surface area contributed by atoms with Gasteiger partial charge in [-0.25, -0.2) is 44.3 Å². The van der Waals surface area contributed by atoms with Crippen LogP contribution >= 0.6 is 0 Å². The first-order chi connectivity index (χ1) is 47.1. The van der Waals surface area contributed by atoms with E-state index in [2.05, 4.69) is 100 Å². The molecule has 0 aliphatic heterocycles. The maximum atomic E-state index is 12.4. The third-order valence-electron chi connectivity index (χ3n) is 16.3. The Balaban J connectivity index is 0.000000148. The van der Waals surface area contributed by atoms with Gasteiger partial charge in [0, 0.05) is 6.61 Å². The minimum atomic E-state index is -0.277. The molecular weight excluding hydrogens is 1220 g/mol. The molecule has 10 N–H and O–H groups in total. The summed E-state index contributed by atoms with van der Waals surface area (Å²) in [5.41, 5.74) is 27.9. The van der Waals surface area contributed by atoms with E-state index in [0.29, 0.717) is 76.3 Å². The molecular formula is C75H79N15O7. The number of hydrogen-bond donors (Lipinski definition) is 7. The van der Waals surface area contributed by atoms with Crippen LogP contribution in [0.4, 0.5) is 17.5 Å². The number of anilines is 3. The Morgan fingerprint density at radius 1 is 0.351 bits per heavy atom.